The second kappa shape index (κ2) is 4.38. The first-order chi connectivity index (χ1) is 8.77. The molecule has 0 saturated carbocycles. The molecule has 1 fully saturated rings. The number of hydrogen-bond donors (Lipinski definition) is 1. The van der Waals surface area contributed by atoms with Gasteiger partial charge in [0.15, 0.2) is 0 Å². The van der Waals surface area contributed by atoms with Crippen molar-refractivity contribution in [1.82, 2.24) is 5.32 Å². The highest BCUT2D eigenvalue weighted by molar-refractivity contribution is 5.92. The maximum absolute atomic E-state index is 11.4. The van der Waals surface area contributed by atoms with Crippen molar-refractivity contribution in [2.75, 3.05) is 6.54 Å². The summed E-state index contributed by atoms with van der Waals surface area (Å²) in [6.45, 7) is 0.939. The van der Waals surface area contributed by atoms with Crippen LogP contribution < -0.4 is 5.32 Å². The van der Waals surface area contributed by atoms with Gasteiger partial charge >= 0.3 is 0 Å². The van der Waals surface area contributed by atoms with Crippen LogP contribution >= 0.6 is 0 Å². The maximum atomic E-state index is 11.4. The summed E-state index contributed by atoms with van der Waals surface area (Å²) in [6, 6.07) is 11.5. The number of rotatable bonds is 2. The number of benzene rings is 2. The van der Waals surface area contributed by atoms with E-state index in [0.717, 1.165) is 35.7 Å². The third kappa shape index (κ3) is 1.75. The fraction of sp³-hybridized carbons (Fsp3) is 0.286. The molecule has 0 amide bonds. The van der Waals surface area contributed by atoms with E-state index in [1.807, 2.05) is 36.4 Å². The van der Waals surface area contributed by atoms with Gasteiger partial charge in [-0.15, -0.1) is 0 Å². The van der Waals surface area contributed by atoms with Crippen molar-refractivity contribution in [3.8, 4) is 0 Å². The fourth-order valence-corrected chi connectivity index (χ4v) is 2.71. The minimum atomic E-state index is -0.252. The third-order valence-electron chi connectivity index (χ3n) is 3.55. The summed E-state index contributed by atoms with van der Waals surface area (Å²) in [4.78, 5) is 11.1. The minimum Gasteiger partial charge on any atom is -0.310 e. The number of fused-ring (bicyclic) bond motifs is 1. The van der Waals surface area contributed by atoms with Crippen LogP contribution in [0.15, 0.2) is 36.4 Å². The van der Waals surface area contributed by atoms with Crippen LogP contribution in [0.5, 0.6) is 0 Å². The molecule has 0 aliphatic carbocycles. The molecule has 0 bridgehead atoms. The molecule has 1 saturated heterocycles. The number of hydrogen-bond acceptors (Lipinski definition) is 3. The second-order valence-electron chi connectivity index (χ2n) is 4.63. The van der Waals surface area contributed by atoms with E-state index in [2.05, 4.69) is 5.32 Å². The number of nitrogens with zero attached hydrogens (tertiary/aromatic N) is 1. The first kappa shape index (κ1) is 11.2. The van der Waals surface area contributed by atoms with Gasteiger partial charge in [0.1, 0.15) is 0 Å². The smallest absolute Gasteiger partial charge is 0.281 e. The van der Waals surface area contributed by atoms with E-state index in [9.17, 15) is 10.1 Å². The number of nitrogens with one attached hydrogen (secondary N) is 1. The largest absolute Gasteiger partial charge is 0.310 e. The van der Waals surface area contributed by atoms with E-state index in [4.69, 9.17) is 0 Å². The third-order valence-corrected chi connectivity index (χ3v) is 3.55. The van der Waals surface area contributed by atoms with Crippen molar-refractivity contribution in [2.24, 2.45) is 0 Å². The molecule has 4 nitrogen and oxygen atoms in total. The molecule has 2 aromatic carbocycles. The predicted molar refractivity (Wildman–Crippen MR) is 70.6 cm³/mol. The van der Waals surface area contributed by atoms with E-state index in [1.54, 1.807) is 0 Å². The monoisotopic (exact) mass is 242 g/mol. The lowest BCUT2D eigenvalue weighted by atomic mass is 9.98. The molecule has 92 valence electrons. The zero-order valence-electron chi connectivity index (χ0n) is 9.93. The average Bonchev–Trinajstić information content (AvgIpc) is 2.90. The van der Waals surface area contributed by atoms with Gasteiger partial charge in [0.25, 0.3) is 5.69 Å². The van der Waals surface area contributed by atoms with E-state index < -0.39 is 0 Å². The highest BCUT2D eigenvalue weighted by Crippen LogP contribution is 2.36. The van der Waals surface area contributed by atoms with Crippen molar-refractivity contribution in [2.45, 2.75) is 18.9 Å². The Labute approximate surface area is 105 Å². The standard InChI is InChI=1S/C14H14N2O2/c17-16(18)14-11-5-2-1-4-10(11)7-8-12(14)13-6-3-9-15-13/h1-2,4-5,7-8,13,15H,3,6,9H2/t13-/m1/s1. The SMILES string of the molecule is O=[N+]([O-])c1c([C@H]2CCCN2)ccc2ccccc12. The lowest BCUT2D eigenvalue weighted by molar-refractivity contribution is -0.383. The first-order valence-corrected chi connectivity index (χ1v) is 6.17. The Morgan fingerprint density at radius 2 is 2.06 bits per heavy atom. The van der Waals surface area contributed by atoms with Gasteiger partial charge in [-0.25, -0.2) is 0 Å². The Bertz CT molecular complexity index is 604. The zero-order valence-corrected chi connectivity index (χ0v) is 9.93. The molecule has 4 heteroatoms. The lowest BCUT2D eigenvalue weighted by Crippen LogP contribution is -2.14. The molecule has 1 atom stereocenters. The van der Waals surface area contributed by atoms with Crippen molar-refractivity contribution in [1.29, 1.82) is 0 Å². The second-order valence-corrected chi connectivity index (χ2v) is 4.63. The van der Waals surface area contributed by atoms with Gasteiger partial charge in [0.2, 0.25) is 0 Å². The molecule has 2 aromatic rings. The summed E-state index contributed by atoms with van der Waals surface area (Å²) >= 11 is 0. The molecule has 1 heterocycles. The maximum Gasteiger partial charge on any atom is 0.281 e. The normalized spacial score (nSPS) is 19.2. The molecule has 18 heavy (non-hydrogen) atoms. The summed E-state index contributed by atoms with van der Waals surface area (Å²) in [5, 5.41) is 16.4. The van der Waals surface area contributed by atoms with Gasteiger partial charge in [-0.1, -0.05) is 24.3 Å². The van der Waals surface area contributed by atoms with Gasteiger partial charge in [0, 0.05) is 11.6 Å². The van der Waals surface area contributed by atoms with E-state index in [0.29, 0.717) is 0 Å². The molecule has 0 unspecified atom stereocenters. The van der Waals surface area contributed by atoms with Gasteiger partial charge in [-0.2, -0.15) is 0 Å². The number of nitro groups is 1. The fourth-order valence-electron chi connectivity index (χ4n) is 2.71. The van der Waals surface area contributed by atoms with Crippen LogP contribution in [0.25, 0.3) is 10.8 Å². The molecule has 3 rings (SSSR count). The highest BCUT2D eigenvalue weighted by atomic mass is 16.6. The van der Waals surface area contributed by atoms with Crippen LogP contribution in [0.2, 0.25) is 0 Å². The Kier molecular flexibility index (Phi) is 2.72. The summed E-state index contributed by atoms with van der Waals surface area (Å²) in [5.41, 5.74) is 1.07. The molecule has 0 aromatic heterocycles. The quantitative estimate of drug-likeness (QED) is 0.650. The highest BCUT2D eigenvalue weighted by Gasteiger charge is 2.26. The van der Waals surface area contributed by atoms with Crippen LogP contribution in [0.1, 0.15) is 24.4 Å². The van der Waals surface area contributed by atoms with Crippen molar-refractivity contribution in [3.63, 3.8) is 0 Å². The van der Waals surface area contributed by atoms with E-state index in [-0.39, 0.29) is 16.7 Å². The van der Waals surface area contributed by atoms with Crippen LogP contribution in [0.3, 0.4) is 0 Å². The molecule has 1 aliphatic heterocycles. The van der Waals surface area contributed by atoms with Gasteiger partial charge in [-0.05, 0) is 36.9 Å². The predicted octanol–water partition coefficient (Wildman–Crippen LogP) is 3.17. The van der Waals surface area contributed by atoms with Gasteiger partial charge in [0.05, 0.1) is 10.3 Å². The Morgan fingerprint density at radius 1 is 1.22 bits per heavy atom. The summed E-state index contributed by atoms with van der Waals surface area (Å²) in [7, 11) is 0. The van der Waals surface area contributed by atoms with Gasteiger partial charge < -0.3 is 5.32 Å². The number of nitro benzene ring substituents is 1. The minimum absolute atomic E-state index is 0.120. The molecule has 1 N–H and O–H groups in total. The van der Waals surface area contributed by atoms with Crippen molar-refractivity contribution >= 4 is 16.5 Å². The van der Waals surface area contributed by atoms with Crippen LogP contribution in [0.4, 0.5) is 5.69 Å². The van der Waals surface area contributed by atoms with Crippen molar-refractivity contribution in [3.05, 3.63) is 52.1 Å². The Hall–Kier alpha value is -1.94. The zero-order chi connectivity index (χ0) is 12.5. The lowest BCUT2D eigenvalue weighted by Gasteiger charge is -2.12. The summed E-state index contributed by atoms with van der Waals surface area (Å²) in [6.07, 6.45) is 2.05. The Balaban J connectivity index is 2.24. The average molecular weight is 242 g/mol. The summed E-state index contributed by atoms with van der Waals surface area (Å²) < 4.78 is 0. The summed E-state index contributed by atoms with van der Waals surface area (Å²) in [5.74, 6) is 0. The molecule has 0 spiro atoms. The van der Waals surface area contributed by atoms with Crippen molar-refractivity contribution < 1.29 is 4.92 Å². The molecular weight excluding hydrogens is 228 g/mol. The van der Waals surface area contributed by atoms with Crippen LogP contribution in [-0.4, -0.2) is 11.5 Å². The van der Waals surface area contributed by atoms with Crippen LogP contribution in [-0.2, 0) is 0 Å². The molecular formula is C14H14N2O2. The van der Waals surface area contributed by atoms with E-state index >= 15 is 0 Å². The molecule has 1 aliphatic rings. The Morgan fingerprint density at radius 3 is 2.78 bits per heavy atom. The molecule has 0 radical (unpaired) electrons. The topological polar surface area (TPSA) is 55.2 Å². The van der Waals surface area contributed by atoms with Crippen LogP contribution in [0, 0.1) is 10.1 Å². The first-order valence-electron chi connectivity index (χ1n) is 6.17. The van der Waals surface area contributed by atoms with E-state index in [1.165, 1.54) is 0 Å². The van der Waals surface area contributed by atoms with Gasteiger partial charge in [-0.3, -0.25) is 10.1 Å².